The largest absolute Gasteiger partial charge is 0.488 e. The Hall–Kier alpha value is -3.96. The first-order chi connectivity index (χ1) is 17.1. The normalized spacial score (nSPS) is 15.9. The number of rotatable bonds is 8. The van der Waals surface area contributed by atoms with Gasteiger partial charge >= 0.3 is 0 Å². The highest BCUT2D eigenvalue weighted by Gasteiger charge is 2.25. The molecule has 5 rings (SSSR count). The number of hydrogen-bond donors (Lipinski definition) is 2. The Labute approximate surface area is 201 Å². The van der Waals surface area contributed by atoms with Crippen LogP contribution in [0, 0.1) is 0 Å². The molecule has 11 nitrogen and oxygen atoms in total. The number of carbonyl (C=O) groups excluding carboxylic acids is 2. The predicted molar refractivity (Wildman–Crippen MR) is 127 cm³/mol. The van der Waals surface area contributed by atoms with Gasteiger partial charge in [-0.2, -0.15) is 0 Å². The third-order valence-electron chi connectivity index (χ3n) is 5.52. The van der Waals surface area contributed by atoms with E-state index in [1.807, 2.05) is 4.90 Å². The van der Waals surface area contributed by atoms with E-state index in [0.717, 1.165) is 12.8 Å². The lowest BCUT2D eigenvalue weighted by Gasteiger charge is -2.26. The minimum absolute atomic E-state index is 0.146. The molecular weight excluding hydrogens is 450 g/mol. The number of morpholine rings is 1. The van der Waals surface area contributed by atoms with Gasteiger partial charge in [0.15, 0.2) is 5.82 Å². The van der Waals surface area contributed by atoms with Gasteiger partial charge in [0.2, 0.25) is 5.91 Å². The summed E-state index contributed by atoms with van der Waals surface area (Å²) in [5.41, 5.74) is 1.95. The number of amides is 2. The van der Waals surface area contributed by atoms with Gasteiger partial charge in [-0.3, -0.25) is 24.5 Å². The van der Waals surface area contributed by atoms with Crippen LogP contribution in [0.4, 0.5) is 11.5 Å². The quantitative estimate of drug-likeness (QED) is 0.502. The van der Waals surface area contributed by atoms with Gasteiger partial charge < -0.3 is 20.1 Å². The molecule has 2 N–H and O–H groups in total. The Morgan fingerprint density at radius 2 is 1.83 bits per heavy atom. The maximum absolute atomic E-state index is 12.9. The molecule has 180 valence electrons. The summed E-state index contributed by atoms with van der Waals surface area (Å²) in [5, 5.41) is 5.64. The first-order valence-electron chi connectivity index (χ1n) is 11.4. The second-order valence-corrected chi connectivity index (χ2v) is 8.30. The molecule has 0 atom stereocenters. The molecule has 2 aromatic heterocycles. The third-order valence-corrected chi connectivity index (χ3v) is 5.52. The average molecular weight is 476 g/mol. The van der Waals surface area contributed by atoms with Crippen molar-refractivity contribution in [3.05, 3.63) is 54.7 Å². The first kappa shape index (κ1) is 22.8. The van der Waals surface area contributed by atoms with Crippen LogP contribution in [0.1, 0.15) is 23.2 Å². The topological polar surface area (TPSA) is 131 Å². The van der Waals surface area contributed by atoms with E-state index < -0.39 is 0 Å². The first-order valence-corrected chi connectivity index (χ1v) is 11.4. The molecule has 35 heavy (non-hydrogen) atoms. The van der Waals surface area contributed by atoms with Crippen LogP contribution < -0.4 is 15.4 Å². The average Bonchev–Trinajstić information content (AvgIpc) is 3.71. The van der Waals surface area contributed by atoms with E-state index in [0.29, 0.717) is 60.5 Å². The minimum Gasteiger partial charge on any atom is -0.488 e. The van der Waals surface area contributed by atoms with E-state index >= 15 is 0 Å². The molecule has 1 aliphatic carbocycles. The van der Waals surface area contributed by atoms with Crippen LogP contribution >= 0.6 is 0 Å². The summed E-state index contributed by atoms with van der Waals surface area (Å²) in [6, 6.07) is 4.98. The zero-order chi connectivity index (χ0) is 24.0. The lowest BCUT2D eigenvalue weighted by Crippen LogP contribution is -2.41. The van der Waals surface area contributed by atoms with Gasteiger partial charge in [0, 0.05) is 31.0 Å². The highest BCUT2D eigenvalue weighted by Crippen LogP contribution is 2.33. The number of ether oxygens (including phenoxy) is 2. The van der Waals surface area contributed by atoms with Crippen LogP contribution in [-0.2, 0) is 9.53 Å². The highest BCUT2D eigenvalue weighted by atomic mass is 16.5. The molecule has 0 unspecified atom stereocenters. The van der Waals surface area contributed by atoms with Gasteiger partial charge in [-0.25, -0.2) is 9.97 Å². The fourth-order valence-corrected chi connectivity index (χ4v) is 3.53. The number of benzene rings is 1. The lowest BCUT2D eigenvalue weighted by atomic mass is 10.1. The van der Waals surface area contributed by atoms with Crippen LogP contribution in [0.5, 0.6) is 5.75 Å². The Morgan fingerprint density at radius 1 is 1.00 bits per heavy atom. The van der Waals surface area contributed by atoms with Crippen LogP contribution in [0.15, 0.2) is 49.2 Å². The summed E-state index contributed by atoms with van der Waals surface area (Å²) in [7, 11) is 0. The molecule has 1 saturated heterocycles. The molecule has 2 fully saturated rings. The maximum Gasteiger partial charge on any atom is 0.256 e. The smallest absolute Gasteiger partial charge is 0.256 e. The number of anilines is 2. The van der Waals surface area contributed by atoms with Gasteiger partial charge in [-0.1, -0.05) is 0 Å². The zero-order valence-electron chi connectivity index (χ0n) is 19.0. The van der Waals surface area contributed by atoms with Crippen molar-refractivity contribution in [2.45, 2.75) is 18.9 Å². The van der Waals surface area contributed by atoms with Gasteiger partial charge in [-0.15, -0.1) is 0 Å². The van der Waals surface area contributed by atoms with E-state index in [9.17, 15) is 9.59 Å². The number of aromatic nitrogens is 4. The zero-order valence-corrected chi connectivity index (χ0v) is 19.0. The Balaban J connectivity index is 1.27. The maximum atomic E-state index is 12.9. The van der Waals surface area contributed by atoms with Crippen LogP contribution in [0.2, 0.25) is 0 Å². The summed E-state index contributed by atoms with van der Waals surface area (Å²) in [6.45, 7) is 2.88. The molecule has 3 aromatic rings. The number of carbonyl (C=O) groups is 2. The molecule has 1 aliphatic heterocycles. The summed E-state index contributed by atoms with van der Waals surface area (Å²) < 4.78 is 11.3. The van der Waals surface area contributed by atoms with Crippen molar-refractivity contribution in [2.24, 2.45) is 0 Å². The van der Waals surface area contributed by atoms with Crippen molar-refractivity contribution < 1.29 is 19.1 Å². The number of nitrogens with one attached hydrogen (secondary N) is 2. The lowest BCUT2D eigenvalue weighted by molar-refractivity contribution is -0.118. The molecular formula is C24H25N7O4. The number of hydrogen-bond acceptors (Lipinski definition) is 9. The van der Waals surface area contributed by atoms with E-state index in [1.165, 1.54) is 12.4 Å². The fraction of sp³-hybridized carbons (Fsp3) is 0.333. The summed E-state index contributed by atoms with van der Waals surface area (Å²) in [5.74, 6) is 0.287. The summed E-state index contributed by atoms with van der Waals surface area (Å²) >= 11 is 0. The van der Waals surface area contributed by atoms with Crippen molar-refractivity contribution in [3.8, 4) is 17.1 Å². The van der Waals surface area contributed by atoms with E-state index in [4.69, 9.17) is 9.47 Å². The van der Waals surface area contributed by atoms with Crippen molar-refractivity contribution in [2.75, 3.05) is 43.5 Å². The predicted octanol–water partition coefficient (Wildman–Crippen LogP) is 2.00. The van der Waals surface area contributed by atoms with Gasteiger partial charge in [0.25, 0.3) is 5.91 Å². The van der Waals surface area contributed by atoms with Gasteiger partial charge in [-0.05, 0) is 31.0 Å². The monoisotopic (exact) mass is 475 g/mol. The molecule has 0 radical (unpaired) electrons. The molecule has 0 bridgehead atoms. The SMILES string of the molecule is O=C(CN1CCOCC1)Nc1cc(C(=O)Nc2cnc(-c3cnccn3)cn2)ccc1OC1CC1. The molecule has 2 amide bonds. The van der Waals surface area contributed by atoms with E-state index in [-0.39, 0.29) is 24.5 Å². The van der Waals surface area contributed by atoms with Crippen molar-refractivity contribution >= 4 is 23.3 Å². The second kappa shape index (κ2) is 10.5. The van der Waals surface area contributed by atoms with Crippen LogP contribution in [0.25, 0.3) is 11.4 Å². The van der Waals surface area contributed by atoms with Crippen LogP contribution in [-0.4, -0.2) is 75.6 Å². The molecule has 0 spiro atoms. The Bertz CT molecular complexity index is 1180. The van der Waals surface area contributed by atoms with E-state index in [2.05, 4.69) is 30.6 Å². The summed E-state index contributed by atoms with van der Waals surface area (Å²) in [4.78, 5) is 44.3. The minimum atomic E-state index is -0.381. The Morgan fingerprint density at radius 3 is 2.54 bits per heavy atom. The molecule has 1 aromatic carbocycles. The fourth-order valence-electron chi connectivity index (χ4n) is 3.53. The van der Waals surface area contributed by atoms with E-state index in [1.54, 1.807) is 36.8 Å². The van der Waals surface area contributed by atoms with Gasteiger partial charge in [0.05, 0.1) is 50.1 Å². The van der Waals surface area contributed by atoms with Gasteiger partial charge in [0.1, 0.15) is 17.1 Å². The molecule has 1 saturated carbocycles. The second-order valence-electron chi connectivity index (χ2n) is 8.30. The molecule has 3 heterocycles. The molecule has 2 aliphatic rings. The number of nitrogens with zero attached hydrogens (tertiary/aromatic N) is 5. The summed E-state index contributed by atoms with van der Waals surface area (Å²) in [6.07, 6.45) is 9.81. The Kier molecular flexibility index (Phi) is 6.87. The standard InChI is InChI=1S/C24H25N7O4/c32-23(15-31-7-9-34-10-8-31)29-18-11-16(1-4-21(18)35-17-2-3-17)24(33)30-22-14-27-20(13-28-22)19-12-25-5-6-26-19/h1,4-6,11-14,17H,2-3,7-10,15H2,(H,29,32)(H,28,30,33). The van der Waals surface area contributed by atoms with Crippen LogP contribution in [0.3, 0.4) is 0 Å². The van der Waals surface area contributed by atoms with Crippen molar-refractivity contribution in [1.82, 2.24) is 24.8 Å². The molecule has 11 heteroatoms. The highest BCUT2D eigenvalue weighted by molar-refractivity contribution is 6.05. The third kappa shape index (κ3) is 6.14. The van der Waals surface area contributed by atoms with Crippen molar-refractivity contribution in [3.63, 3.8) is 0 Å². The van der Waals surface area contributed by atoms with Crippen molar-refractivity contribution in [1.29, 1.82) is 0 Å².